The number of rotatable bonds is 3. The smallest absolute Gasteiger partial charge is 0.157 e. The lowest BCUT2D eigenvalue weighted by Gasteiger charge is -2.37. The van der Waals surface area contributed by atoms with Crippen molar-refractivity contribution in [1.82, 2.24) is 0 Å². The molecule has 0 saturated heterocycles. The predicted octanol–water partition coefficient (Wildman–Crippen LogP) is 1.76. The van der Waals surface area contributed by atoms with Gasteiger partial charge in [-0.2, -0.15) is 0 Å². The summed E-state index contributed by atoms with van der Waals surface area (Å²) < 4.78 is 0. The Labute approximate surface area is 113 Å². The van der Waals surface area contributed by atoms with Gasteiger partial charge in [-0.05, 0) is 30.3 Å². The number of Topliss-reactive ketones (excluding diaryl/α,β-unsaturated/α-hetero) is 1. The molecule has 3 nitrogen and oxygen atoms in total. The molecule has 0 spiro atoms. The molecule has 2 rings (SSSR count). The molecule has 0 unspecified atom stereocenters. The largest absolute Gasteiger partial charge is 0.392 e. The van der Waals surface area contributed by atoms with E-state index < -0.39 is 11.5 Å². The molecule has 18 heavy (non-hydrogen) atoms. The van der Waals surface area contributed by atoms with Gasteiger partial charge in [0.05, 0.1) is 24.0 Å². The molecule has 0 aromatic carbocycles. The highest BCUT2D eigenvalue weighted by molar-refractivity contribution is 6.28. The van der Waals surface area contributed by atoms with Gasteiger partial charge in [-0.1, -0.05) is 19.9 Å². The Kier molecular flexibility index (Phi) is 3.37. The van der Waals surface area contributed by atoms with Crippen molar-refractivity contribution in [1.29, 1.82) is 0 Å². The van der Waals surface area contributed by atoms with E-state index in [2.05, 4.69) is 0 Å². The van der Waals surface area contributed by atoms with Crippen molar-refractivity contribution in [3.8, 4) is 0 Å². The van der Waals surface area contributed by atoms with E-state index in [1.165, 1.54) is 0 Å². The molecule has 2 aliphatic rings. The lowest BCUT2D eigenvalue weighted by atomic mass is 9.68. The third-order valence-electron chi connectivity index (χ3n) is 4.98. The first kappa shape index (κ1) is 14.0. The summed E-state index contributed by atoms with van der Waals surface area (Å²) >= 11 is 5.71. The summed E-state index contributed by atoms with van der Waals surface area (Å²) in [6.45, 7) is 5.72. The van der Waals surface area contributed by atoms with Crippen molar-refractivity contribution in [3.63, 3.8) is 0 Å². The zero-order valence-corrected chi connectivity index (χ0v) is 11.9. The molecular weight excluding hydrogens is 252 g/mol. The highest BCUT2D eigenvalue weighted by Gasteiger charge is 2.60. The van der Waals surface area contributed by atoms with E-state index in [0.29, 0.717) is 0 Å². The van der Waals surface area contributed by atoms with Gasteiger partial charge < -0.3 is 10.2 Å². The van der Waals surface area contributed by atoms with Gasteiger partial charge in [-0.3, -0.25) is 4.79 Å². The van der Waals surface area contributed by atoms with Crippen LogP contribution in [0.15, 0.2) is 11.6 Å². The summed E-state index contributed by atoms with van der Waals surface area (Å²) in [5.74, 6) is -0.173. The monoisotopic (exact) mass is 272 g/mol. The Hall–Kier alpha value is -0.380. The molecule has 0 aromatic rings. The van der Waals surface area contributed by atoms with Gasteiger partial charge in [0.2, 0.25) is 0 Å². The summed E-state index contributed by atoms with van der Waals surface area (Å²) in [6, 6.07) is 0. The minimum absolute atomic E-state index is 0.0792. The van der Waals surface area contributed by atoms with Gasteiger partial charge in [-0.25, -0.2) is 0 Å². The molecule has 1 fully saturated rings. The summed E-state index contributed by atoms with van der Waals surface area (Å²) in [5.41, 5.74) is -0.285. The van der Waals surface area contributed by atoms with E-state index in [1.54, 1.807) is 0 Å². The lowest BCUT2D eigenvalue weighted by molar-refractivity contribution is -0.129. The second-order valence-electron chi connectivity index (χ2n) is 6.44. The highest BCUT2D eigenvalue weighted by Crippen LogP contribution is 2.59. The Morgan fingerprint density at radius 2 is 2.11 bits per heavy atom. The third-order valence-corrected chi connectivity index (χ3v) is 5.23. The van der Waals surface area contributed by atoms with E-state index in [9.17, 15) is 15.0 Å². The van der Waals surface area contributed by atoms with E-state index in [4.69, 9.17) is 11.6 Å². The quantitative estimate of drug-likeness (QED) is 0.608. The van der Waals surface area contributed by atoms with Crippen LogP contribution in [-0.2, 0) is 4.79 Å². The number of allylic oxidation sites excluding steroid dienone is 1. The Morgan fingerprint density at radius 1 is 1.50 bits per heavy atom. The van der Waals surface area contributed by atoms with Crippen LogP contribution < -0.4 is 0 Å². The number of carbonyl (C=O) groups excluding carboxylic acids is 1. The summed E-state index contributed by atoms with van der Waals surface area (Å²) in [7, 11) is 0. The van der Waals surface area contributed by atoms with Gasteiger partial charge in [0, 0.05) is 5.92 Å². The van der Waals surface area contributed by atoms with Crippen LogP contribution in [-0.4, -0.2) is 34.6 Å². The molecule has 2 N–H and O–H groups in total. The number of aliphatic hydroxyl groups excluding tert-OH is 2. The fourth-order valence-electron chi connectivity index (χ4n) is 3.85. The molecule has 0 heterocycles. The van der Waals surface area contributed by atoms with E-state index in [1.807, 2.05) is 26.8 Å². The van der Waals surface area contributed by atoms with Crippen molar-refractivity contribution in [2.75, 3.05) is 12.5 Å². The van der Waals surface area contributed by atoms with Crippen molar-refractivity contribution in [3.05, 3.63) is 11.6 Å². The maximum atomic E-state index is 12.2. The molecule has 102 valence electrons. The minimum Gasteiger partial charge on any atom is -0.392 e. The number of halogens is 1. The van der Waals surface area contributed by atoms with Crippen molar-refractivity contribution in [2.24, 2.45) is 22.7 Å². The number of carbonyl (C=O) groups is 1. The molecule has 0 amide bonds. The van der Waals surface area contributed by atoms with Crippen molar-refractivity contribution in [2.45, 2.75) is 33.3 Å². The molecule has 4 atom stereocenters. The first-order valence-corrected chi connectivity index (χ1v) is 6.92. The van der Waals surface area contributed by atoms with Crippen LogP contribution in [0.4, 0.5) is 0 Å². The Bertz CT molecular complexity index is 402. The number of alkyl halides is 1. The SMILES string of the molecule is CC1(C)C[C@@H]2C=C(CO)[C@](C)(C(=O)CCl)[C@@H]2[C@H]1O. The van der Waals surface area contributed by atoms with E-state index >= 15 is 0 Å². The fourth-order valence-corrected chi connectivity index (χ4v) is 4.13. The van der Waals surface area contributed by atoms with Gasteiger partial charge >= 0.3 is 0 Å². The molecular formula is C14H21ClO3. The van der Waals surface area contributed by atoms with Gasteiger partial charge in [0.25, 0.3) is 0 Å². The van der Waals surface area contributed by atoms with Crippen LogP contribution in [0.2, 0.25) is 0 Å². The minimum atomic E-state index is -0.811. The maximum absolute atomic E-state index is 12.2. The number of ketones is 1. The molecule has 1 saturated carbocycles. The molecule has 4 heteroatoms. The second-order valence-corrected chi connectivity index (χ2v) is 6.70. The molecule has 0 bridgehead atoms. The molecule has 0 aromatic heterocycles. The van der Waals surface area contributed by atoms with Crippen LogP contribution in [0.1, 0.15) is 27.2 Å². The zero-order valence-electron chi connectivity index (χ0n) is 11.1. The number of aliphatic hydroxyl groups is 2. The van der Waals surface area contributed by atoms with Crippen LogP contribution in [0.25, 0.3) is 0 Å². The first-order chi connectivity index (χ1) is 8.29. The van der Waals surface area contributed by atoms with Gasteiger partial charge in [0.1, 0.15) is 0 Å². The van der Waals surface area contributed by atoms with E-state index in [0.717, 1.165) is 12.0 Å². The lowest BCUT2D eigenvalue weighted by Crippen LogP contribution is -2.44. The Balaban J connectivity index is 2.45. The molecule has 0 aliphatic heterocycles. The molecule has 0 radical (unpaired) electrons. The normalized spacial score (nSPS) is 41.7. The van der Waals surface area contributed by atoms with Crippen molar-refractivity contribution >= 4 is 17.4 Å². The summed E-state index contributed by atoms with van der Waals surface area (Å²) in [6.07, 6.45) is 2.28. The van der Waals surface area contributed by atoms with Gasteiger partial charge in [0.15, 0.2) is 5.78 Å². The second kappa shape index (κ2) is 4.32. The summed E-state index contributed by atoms with van der Waals surface area (Å²) in [4.78, 5) is 12.2. The van der Waals surface area contributed by atoms with Crippen molar-refractivity contribution < 1.29 is 15.0 Å². The van der Waals surface area contributed by atoms with Crippen LogP contribution in [0.5, 0.6) is 0 Å². The fraction of sp³-hybridized carbons (Fsp3) is 0.786. The highest BCUT2D eigenvalue weighted by atomic mass is 35.5. The van der Waals surface area contributed by atoms with Crippen LogP contribution >= 0.6 is 11.6 Å². The number of fused-ring (bicyclic) bond motifs is 1. The zero-order chi connectivity index (χ0) is 13.7. The average molecular weight is 273 g/mol. The van der Waals surface area contributed by atoms with Crippen LogP contribution in [0, 0.1) is 22.7 Å². The molecule has 2 aliphatic carbocycles. The van der Waals surface area contributed by atoms with Gasteiger partial charge in [-0.15, -0.1) is 11.6 Å². The number of hydrogen-bond acceptors (Lipinski definition) is 3. The van der Waals surface area contributed by atoms with E-state index in [-0.39, 0.29) is 35.5 Å². The maximum Gasteiger partial charge on any atom is 0.157 e. The summed E-state index contributed by atoms with van der Waals surface area (Å²) in [5, 5.41) is 20.0. The van der Waals surface area contributed by atoms with Crippen LogP contribution in [0.3, 0.4) is 0 Å². The third kappa shape index (κ3) is 1.68. The topological polar surface area (TPSA) is 57.5 Å². The predicted molar refractivity (Wildman–Crippen MR) is 70.4 cm³/mol. The average Bonchev–Trinajstić information content (AvgIpc) is 2.71. The standard InChI is InChI=1S/C14H21ClO3/c1-13(2)5-8-4-9(7-16)14(3,10(17)6-15)11(8)12(13)18/h4,8,11-12,16,18H,5-7H2,1-3H3/t8-,11-,12+,14+/m0/s1. The Morgan fingerprint density at radius 3 is 2.61 bits per heavy atom. The first-order valence-electron chi connectivity index (χ1n) is 6.38. The number of hydrogen-bond donors (Lipinski definition) is 2.